The summed E-state index contributed by atoms with van der Waals surface area (Å²) in [4.78, 5) is 10.6. The van der Waals surface area contributed by atoms with Crippen LogP contribution in [0, 0.1) is 12.7 Å². The molecular weight excluding hydrogens is 249 g/mol. The summed E-state index contributed by atoms with van der Waals surface area (Å²) in [6.07, 6.45) is -0.116. The second kappa shape index (κ2) is 5.33. The fourth-order valence-corrected chi connectivity index (χ4v) is 1.68. The van der Waals surface area contributed by atoms with Crippen LogP contribution in [0.15, 0.2) is 6.07 Å². The van der Waals surface area contributed by atoms with Crippen molar-refractivity contribution in [1.29, 1.82) is 0 Å². The topological polar surface area (TPSA) is 72.5 Å². The second-order valence-electron chi connectivity index (χ2n) is 3.66. The van der Waals surface area contributed by atoms with Gasteiger partial charge < -0.3 is 15.6 Å². The summed E-state index contributed by atoms with van der Waals surface area (Å²) >= 11 is 5.86. The van der Waals surface area contributed by atoms with Crippen molar-refractivity contribution in [2.75, 3.05) is 7.11 Å². The van der Waals surface area contributed by atoms with Crippen molar-refractivity contribution in [3.8, 4) is 5.75 Å². The number of ether oxygens (including phenoxy) is 1. The van der Waals surface area contributed by atoms with Gasteiger partial charge in [0.25, 0.3) is 0 Å². The number of carboxylic acids is 1. The van der Waals surface area contributed by atoms with Crippen molar-refractivity contribution in [3.63, 3.8) is 0 Å². The number of aliphatic carboxylic acids is 1. The summed E-state index contributed by atoms with van der Waals surface area (Å²) in [5, 5.41) is 8.86. The first-order valence-electron chi connectivity index (χ1n) is 4.88. The van der Waals surface area contributed by atoms with Crippen LogP contribution in [0.4, 0.5) is 4.39 Å². The van der Waals surface area contributed by atoms with Gasteiger partial charge in [-0.1, -0.05) is 17.7 Å². The Kier molecular flexibility index (Phi) is 4.31. The highest BCUT2D eigenvalue weighted by Crippen LogP contribution is 2.33. The SMILES string of the molecule is COc1c(F)c(CC(N)C(=O)O)cc(C)c1Cl. The monoisotopic (exact) mass is 261 g/mol. The van der Waals surface area contributed by atoms with E-state index in [0.29, 0.717) is 5.56 Å². The van der Waals surface area contributed by atoms with Crippen LogP contribution >= 0.6 is 11.6 Å². The molecule has 94 valence electrons. The zero-order chi connectivity index (χ0) is 13.2. The lowest BCUT2D eigenvalue weighted by molar-refractivity contribution is -0.138. The molecule has 1 aromatic carbocycles. The third-order valence-electron chi connectivity index (χ3n) is 2.38. The van der Waals surface area contributed by atoms with Crippen LogP contribution in [-0.2, 0) is 11.2 Å². The fraction of sp³-hybridized carbons (Fsp3) is 0.364. The van der Waals surface area contributed by atoms with Gasteiger partial charge in [-0.15, -0.1) is 0 Å². The second-order valence-corrected chi connectivity index (χ2v) is 4.04. The van der Waals surface area contributed by atoms with Crippen LogP contribution in [0.3, 0.4) is 0 Å². The summed E-state index contributed by atoms with van der Waals surface area (Å²) in [5.74, 6) is -1.94. The third kappa shape index (κ3) is 2.87. The Morgan fingerprint density at radius 3 is 2.76 bits per heavy atom. The quantitative estimate of drug-likeness (QED) is 0.866. The molecule has 1 rings (SSSR count). The van der Waals surface area contributed by atoms with Gasteiger partial charge in [-0.25, -0.2) is 4.39 Å². The highest BCUT2D eigenvalue weighted by Gasteiger charge is 2.20. The lowest BCUT2D eigenvalue weighted by Gasteiger charge is -2.13. The molecule has 0 amide bonds. The molecule has 0 saturated heterocycles. The van der Waals surface area contributed by atoms with Crippen molar-refractivity contribution in [1.82, 2.24) is 0 Å². The van der Waals surface area contributed by atoms with Crippen molar-refractivity contribution in [2.24, 2.45) is 5.73 Å². The van der Waals surface area contributed by atoms with Crippen LogP contribution in [-0.4, -0.2) is 24.2 Å². The normalized spacial score (nSPS) is 12.3. The summed E-state index contributed by atoms with van der Waals surface area (Å²) in [5.41, 5.74) is 6.15. The molecule has 0 heterocycles. The molecule has 1 atom stereocenters. The maximum atomic E-state index is 13.9. The number of carbonyl (C=O) groups is 1. The van der Waals surface area contributed by atoms with Crippen LogP contribution in [0.1, 0.15) is 11.1 Å². The molecule has 0 bridgehead atoms. The van der Waals surface area contributed by atoms with E-state index in [1.807, 2.05) is 0 Å². The van der Waals surface area contributed by atoms with E-state index >= 15 is 0 Å². The summed E-state index contributed by atoms with van der Waals surface area (Å²) in [6, 6.07) is 0.318. The molecule has 0 aromatic heterocycles. The molecule has 0 fully saturated rings. The summed E-state index contributed by atoms with van der Waals surface area (Å²) < 4.78 is 18.7. The van der Waals surface area contributed by atoms with Gasteiger partial charge in [-0.3, -0.25) is 4.79 Å². The maximum Gasteiger partial charge on any atom is 0.320 e. The van der Waals surface area contributed by atoms with E-state index in [1.165, 1.54) is 13.2 Å². The van der Waals surface area contributed by atoms with Crippen LogP contribution in [0.25, 0.3) is 0 Å². The van der Waals surface area contributed by atoms with E-state index in [1.54, 1.807) is 6.92 Å². The maximum absolute atomic E-state index is 13.9. The van der Waals surface area contributed by atoms with E-state index in [9.17, 15) is 9.18 Å². The molecule has 0 saturated carbocycles. The highest BCUT2D eigenvalue weighted by atomic mass is 35.5. The van der Waals surface area contributed by atoms with Crippen LogP contribution < -0.4 is 10.5 Å². The number of nitrogens with two attached hydrogens (primary N) is 1. The van der Waals surface area contributed by atoms with Gasteiger partial charge in [0.05, 0.1) is 12.1 Å². The molecule has 0 spiro atoms. The minimum Gasteiger partial charge on any atom is -0.492 e. The first-order valence-corrected chi connectivity index (χ1v) is 5.26. The lowest BCUT2D eigenvalue weighted by atomic mass is 10.0. The van der Waals surface area contributed by atoms with E-state index in [2.05, 4.69) is 0 Å². The Bertz CT molecular complexity index is 451. The molecule has 17 heavy (non-hydrogen) atoms. The number of aryl methyl sites for hydroxylation is 1. The number of rotatable bonds is 4. The van der Waals surface area contributed by atoms with Crippen molar-refractivity contribution < 1.29 is 19.0 Å². The highest BCUT2D eigenvalue weighted by molar-refractivity contribution is 6.32. The average Bonchev–Trinajstić information content (AvgIpc) is 2.26. The van der Waals surface area contributed by atoms with Gasteiger partial charge in [-0.2, -0.15) is 0 Å². The van der Waals surface area contributed by atoms with Crippen molar-refractivity contribution >= 4 is 17.6 Å². The number of halogens is 2. The summed E-state index contributed by atoms with van der Waals surface area (Å²) in [6.45, 7) is 1.68. The van der Waals surface area contributed by atoms with Gasteiger partial charge in [0.1, 0.15) is 6.04 Å². The van der Waals surface area contributed by atoms with E-state index < -0.39 is 17.8 Å². The zero-order valence-electron chi connectivity index (χ0n) is 9.46. The molecule has 0 radical (unpaired) electrons. The molecule has 0 aliphatic heterocycles. The summed E-state index contributed by atoms with van der Waals surface area (Å²) in [7, 11) is 1.30. The minimum absolute atomic E-state index is 0.0840. The molecule has 6 heteroatoms. The van der Waals surface area contributed by atoms with Crippen molar-refractivity contribution in [3.05, 3.63) is 28.0 Å². The lowest BCUT2D eigenvalue weighted by Crippen LogP contribution is -2.32. The standard InChI is InChI=1S/C11H13ClFNO3/c1-5-3-6(4-7(14)11(15)16)9(13)10(17-2)8(5)12/h3,7H,4,14H2,1-2H3,(H,15,16). The molecule has 3 N–H and O–H groups in total. The number of benzene rings is 1. The van der Waals surface area contributed by atoms with Crippen molar-refractivity contribution in [2.45, 2.75) is 19.4 Å². The predicted molar refractivity (Wildman–Crippen MR) is 62.0 cm³/mol. The zero-order valence-corrected chi connectivity index (χ0v) is 10.2. The predicted octanol–water partition coefficient (Wildman–Crippen LogP) is 1.75. The number of hydrogen-bond donors (Lipinski definition) is 2. The number of methoxy groups -OCH3 is 1. The average molecular weight is 262 g/mol. The van der Waals surface area contributed by atoms with E-state index in [-0.39, 0.29) is 22.8 Å². The van der Waals surface area contributed by atoms with Gasteiger partial charge >= 0.3 is 5.97 Å². The molecular formula is C11H13ClFNO3. The molecule has 0 aliphatic carbocycles. The molecule has 1 unspecified atom stereocenters. The van der Waals surface area contributed by atoms with E-state index in [0.717, 1.165) is 0 Å². The fourth-order valence-electron chi connectivity index (χ4n) is 1.46. The Morgan fingerprint density at radius 2 is 2.29 bits per heavy atom. The first-order chi connectivity index (χ1) is 7.88. The van der Waals surface area contributed by atoms with E-state index in [4.69, 9.17) is 27.2 Å². The number of carboxylic acid groups (broad SMARTS) is 1. The van der Waals surface area contributed by atoms with Crippen LogP contribution in [0.2, 0.25) is 5.02 Å². The van der Waals surface area contributed by atoms with Gasteiger partial charge in [0, 0.05) is 6.42 Å². The smallest absolute Gasteiger partial charge is 0.320 e. The molecule has 0 aliphatic rings. The molecule has 4 nitrogen and oxygen atoms in total. The largest absolute Gasteiger partial charge is 0.492 e. The van der Waals surface area contributed by atoms with Crippen LogP contribution in [0.5, 0.6) is 5.75 Å². The first kappa shape index (κ1) is 13.7. The third-order valence-corrected chi connectivity index (χ3v) is 2.85. The Labute approximate surface area is 103 Å². The molecule has 1 aromatic rings. The van der Waals surface area contributed by atoms with Gasteiger partial charge in [0.2, 0.25) is 0 Å². The Morgan fingerprint density at radius 1 is 1.71 bits per heavy atom. The Balaban J connectivity index is 3.17. The van der Waals surface area contributed by atoms with Gasteiger partial charge in [-0.05, 0) is 18.1 Å². The van der Waals surface area contributed by atoms with Gasteiger partial charge in [0.15, 0.2) is 11.6 Å². The number of hydrogen-bond acceptors (Lipinski definition) is 3. The Hall–Kier alpha value is -1.33. The minimum atomic E-state index is -1.18.